The van der Waals surface area contributed by atoms with Crippen molar-refractivity contribution in [3.8, 4) is 0 Å². The number of amides is 1. The van der Waals surface area contributed by atoms with Crippen LogP contribution in [-0.2, 0) is 4.79 Å². The van der Waals surface area contributed by atoms with E-state index in [2.05, 4.69) is 17.9 Å². The normalized spacial score (nSPS) is 23.5. The first-order valence-electron chi connectivity index (χ1n) is 3.78. The lowest BCUT2D eigenvalue weighted by atomic mass is 10.1. The van der Waals surface area contributed by atoms with E-state index in [1.165, 1.54) is 17.9 Å². The van der Waals surface area contributed by atoms with Crippen molar-refractivity contribution >= 4 is 30.3 Å². The molecule has 1 aliphatic heterocycles. The van der Waals surface area contributed by atoms with Crippen molar-refractivity contribution in [2.45, 2.75) is 6.42 Å². The van der Waals surface area contributed by atoms with Crippen LogP contribution in [0.2, 0.25) is 0 Å². The second-order valence-corrected chi connectivity index (χ2v) is 4.16. The van der Waals surface area contributed by atoms with Crippen molar-refractivity contribution < 1.29 is 4.79 Å². The molecule has 1 amide bonds. The number of carbonyl (C=O) groups excluding carboxylic acids is 1. The van der Waals surface area contributed by atoms with Crippen LogP contribution in [0.3, 0.4) is 0 Å². The number of nitrogens with one attached hydrogen (secondary N) is 1. The highest BCUT2D eigenvalue weighted by molar-refractivity contribution is 7.99. The van der Waals surface area contributed by atoms with E-state index in [1.54, 1.807) is 0 Å². The number of carbonyl (C=O) groups is 1. The average molecular weight is 191 g/mol. The fraction of sp³-hybridized carbons (Fsp3) is 0.857. The molecule has 0 bridgehead atoms. The number of hydrogen-bond donors (Lipinski definition) is 2. The highest BCUT2D eigenvalue weighted by Crippen LogP contribution is 2.22. The zero-order valence-electron chi connectivity index (χ0n) is 6.38. The molecule has 0 aromatic heterocycles. The molecule has 0 aliphatic carbocycles. The van der Waals surface area contributed by atoms with Gasteiger partial charge in [0, 0.05) is 6.54 Å². The highest BCUT2D eigenvalue weighted by atomic mass is 32.2. The first-order valence-corrected chi connectivity index (χ1v) is 5.57. The topological polar surface area (TPSA) is 29.1 Å². The van der Waals surface area contributed by atoms with Crippen LogP contribution >= 0.6 is 24.4 Å². The molecule has 1 fully saturated rings. The van der Waals surface area contributed by atoms with Gasteiger partial charge < -0.3 is 5.32 Å². The minimum atomic E-state index is 0.0465. The van der Waals surface area contributed by atoms with Crippen LogP contribution in [0.5, 0.6) is 0 Å². The van der Waals surface area contributed by atoms with E-state index in [4.69, 9.17) is 0 Å². The highest BCUT2D eigenvalue weighted by Gasteiger charge is 2.15. The van der Waals surface area contributed by atoms with Gasteiger partial charge in [-0.1, -0.05) is 0 Å². The molecule has 0 spiro atoms. The van der Waals surface area contributed by atoms with Gasteiger partial charge in [-0.2, -0.15) is 24.4 Å². The monoisotopic (exact) mass is 191 g/mol. The molecule has 0 saturated carbocycles. The molecule has 1 rings (SSSR count). The Labute approximate surface area is 76.9 Å². The van der Waals surface area contributed by atoms with Crippen molar-refractivity contribution in [3.63, 3.8) is 0 Å². The molecular formula is C7H13NOS2. The summed E-state index contributed by atoms with van der Waals surface area (Å²) < 4.78 is 0. The summed E-state index contributed by atoms with van der Waals surface area (Å²) in [6.07, 6.45) is 1.25. The van der Waals surface area contributed by atoms with E-state index in [9.17, 15) is 4.79 Å². The molecule has 0 aromatic rings. The Morgan fingerprint density at radius 2 is 2.55 bits per heavy atom. The summed E-state index contributed by atoms with van der Waals surface area (Å²) in [4.78, 5) is 10.8. The third kappa shape index (κ3) is 3.38. The van der Waals surface area contributed by atoms with Crippen molar-refractivity contribution in [1.82, 2.24) is 5.32 Å². The molecule has 1 N–H and O–H groups in total. The zero-order valence-corrected chi connectivity index (χ0v) is 8.09. The van der Waals surface area contributed by atoms with E-state index in [0.717, 1.165) is 6.54 Å². The molecule has 11 heavy (non-hydrogen) atoms. The van der Waals surface area contributed by atoms with Gasteiger partial charge in [-0.05, 0) is 23.8 Å². The standard InChI is InChI=1S/C7H13NOS2/c9-7(4-10)8-3-6-1-2-11-5-6/h6,10H,1-5H2,(H,8,9). The first-order chi connectivity index (χ1) is 5.33. The first kappa shape index (κ1) is 9.26. The fourth-order valence-electron chi connectivity index (χ4n) is 1.06. The van der Waals surface area contributed by atoms with E-state index >= 15 is 0 Å². The van der Waals surface area contributed by atoms with Crippen molar-refractivity contribution in [2.24, 2.45) is 5.92 Å². The third-order valence-corrected chi connectivity index (χ3v) is 3.27. The lowest BCUT2D eigenvalue weighted by Crippen LogP contribution is -2.30. The molecule has 1 saturated heterocycles. The SMILES string of the molecule is O=C(CS)NCC1CCSC1. The van der Waals surface area contributed by atoms with E-state index in [1.807, 2.05) is 11.8 Å². The lowest BCUT2D eigenvalue weighted by molar-refractivity contribution is -0.118. The molecule has 2 nitrogen and oxygen atoms in total. The molecule has 1 unspecified atom stereocenters. The Bertz CT molecular complexity index is 134. The molecule has 1 aliphatic rings. The third-order valence-electron chi connectivity index (χ3n) is 1.76. The number of rotatable bonds is 3. The second kappa shape index (κ2) is 4.93. The largest absolute Gasteiger partial charge is 0.355 e. The summed E-state index contributed by atoms with van der Waals surface area (Å²) in [6.45, 7) is 0.840. The lowest BCUT2D eigenvalue weighted by Gasteiger charge is -2.08. The quantitative estimate of drug-likeness (QED) is 0.646. The van der Waals surface area contributed by atoms with Gasteiger partial charge in [-0.25, -0.2) is 0 Å². The van der Waals surface area contributed by atoms with Gasteiger partial charge in [0.1, 0.15) is 0 Å². The van der Waals surface area contributed by atoms with Gasteiger partial charge in [0.05, 0.1) is 5.75 Å². The Morgan fingerprint density at radius 3 is 3.09 bits per heavy atom. The van der Waals surface area contributed by atoms with Crippen LogP contribution in [0, 0.1) is 5.92 Å². The second-order valence-electron chi connectivity index (χ2n) is 2.69. The van der Waals surface area contributed by atoms with E-state index in [0.29, 0.717) is 11.7 Å². The number of thiol groups is 1. The minimum absolute atomic E-state index is 0.0465. The number of thioether (sulfide) groups is 1. The summed E-state index contributed by atoms with van der Waals surface area (Å²) in [6, 6.07) is 0. The maximum Gasteiger partial charge on any atom is 0.229 e. The van der Waals surface area contributed by atoms with Crippen LogP contribution in [-0.4, -0.2) is 29.7 Å². The summed E-state index contributed by atoms with van der Waals surface area (Å²) in [7, 11) is 0. The van der Waals surface area contributed by atoms with Gasteiger partial charge in [-0.15, -0.1) is 0 Å². The Balaban J connectivity index is 2.06. The summed E-state index contributed by atoms with van der Waals surface area (Å²) >= 11 is 5.85. The Hall–Kier alpha value is 0.170. The van der Waals surface area contributed by atoms with Crippen LogP contribution in [0.4, 0.5) is 0 Å². The minimum Gasteiger partial charge on any atom is -0.355 e. The summed E-state index contributed by atoms with van der Waals surface area (Å²) in [5.74, 6) is 3.50. The molecule has 1 atom stereocenters. The van der Waals surface area contributed by atoms with E-state index < -0.39 is 0 Å². The maximum atomic E-state index is 10.8. The molecular weight excluding hydrogens is 178 g/mol. The number of hydrogen-bond acceptors (Lipinski definition) is 3. The predicted molar refractivity (Wildman–Crippen MR) is 52.3 cm³/mol. The van der Waals surface area contributed by atoms with Crippen LogP contribution in [0.1, 0.15) is 6.42 Å². The van der Waals surface area contributed by atoms with Crippen molar-refractivity contribution in [1.29, 1.82) is 0 Å². The van der Waals surface area contributed by atoms with Gasteiger partial charge in [0.25, 0.3) is 0 Å². The van der Waals surface area contributed by atoms with Gasteiger partial charge in [0.2, 0.25) is 5.91 Å². The summed E-state index contributed by atoms with van der Waals surface area (Å²) in [5, 5.41) is 2.85. The molecule has 0 radical (unpaired) electrons. The molecule has 4 heteroatoms. The van der Waals surface area contributed by atoms with Crippen LogP contribution in [0.25, 0.3) is 0 Å². The molecule has 1 heterocycles. The van der Waals surface area contributed by atoms with Gasteiger partial charge >= 0.3 is 0 Å². The van der Waals surface area contributed by atoms with Gasteiger partial charge in [0.15, 0.2) is 0 Å². The average Bonchev–Trinajstić information content (AvgIpc) is 2.52. The maximum absolute atomic E-state index is 10.8. The smallest absolute Gasteiger partial charge is 0.229 e. The predicted octanol–water partition coefficient (Wildman–Crippen LogP) is 0.785. The van der Waals surface area contributed by atoms with E-state index in [-0.39, 0.29) is 5.91 Å². The molecule has 64 valence electrons. The van der Waals surface area contributed by atoms with Gasteiger partial charge in [-0.3, -0.25) is 4.79 Å². The molecule has 0 aromatic carbocycles. The van der Waals surface area contributed by atoms with Crippen LogP contribution < -0.4 is 5.32 Å². The summed E-state index contributed by atoms with van der Waals surface area (Å²) in [5.41, 5.74) is 0. The van der Waals surface area contributed by atoms with Crippen LogP contribution in [0.15, 0.2) is 0 Å². The zero-order chi connectivity index (χ0) is 8.10. The Kier molecular flexibility index (Phi) is 4.15. The van der Waals surface area contributed by atoms with Crippen molar-refractivity contribution in [2.75, 3.05) is 23.8 Å². The Morgan fingerprint density at radius 1 is 1.73 bits per heavy atom. The van der Waals surface area contributed by atoms with Crippen molar-refractivity contribution in [3.05, 3.63) is 0 Å². The fourth-order valence-corrected chi connectivity index (χ4v) is 2.45.